The number of nitrogens with two attached hydrogens (primary N) is 1. The van der Waals surface area contributed by atoms with E-state index >= 15 is 0 Å². The topological polar surface area (TPSA) is 42.2 Å². The van der Waals surface area contributed by atoms with Crippen LogP contribution in [0.5, 0.6) is 0 Å². The van der Waals surface area contributed by atoms with Gasteiger partial charge in [0.1, 0.15) is 0 Å². The van der Waals surface area contributed by atoms with Crippen molar-refractivity contribution >= 4 is 0 Å². The van der Waals surface area contributed by atoms with Gasteiger partial charge >= 0.3 is 0 Å². The standard InChI is InChI=1S/C16H27N3/c1-19(13-15-7-11-18-12-8-15)16(14-17)9-5-3-2-4-6-10-16/h7-8,11-12H,2-6,9-10,13-14,17H2,1H3. The molecule has 0 atom stereocenters. The van der Waals surface area contributed by atoms with Crippen LogP contribution >= 0.6 is 0 Å². The molecule has 1 aliphatic carbocycles. The SMILES string of the molecule is CN(Cc1ccncc1)C1(CN)CCCCCCC1. The minimum Gasteiger partial charge on any atom is -0.329 e. The Morgan fingerprint density at radius 1 is 1.11 bits per heavy atom. The first-order chi connectivity index (χ1) is 9.27. The van der Waals surface area contributed by atoms with Crippen molar-refractivity contribution in [1.82, 2.24) is 9.88 Å². The Labute approximate surface area is 117 Å². The third-order valence-corrected chi connectivity index (χ3v) is 4.64. The second-order valence-electron chi connectivity index (χ2n) is 5.91. The van der Waals surface area contributed by atoms with Gasteiger partial charge in [-0.05, 0) is 37.6 Å². The molecule has 0 aromatic carbocycles. The Morgan fingerprint density at radius 2 is 1.68 bits per heavy atom. The van der Waals surface area contributed by atoms with Crippen molar-refractivity contribution in [2.75, 3.05) is 13.6 Å². The zero-order valence-corrected chi connectivity index (χ0v) is 12.1. The molecule has 0 bridgehead atoms. The number of hydrogen-bond acceptors (Lipinski definition) is 3. The summed E-state index contributed by atoms with van der Waals surface area (Å²) in [5, 5.41) is 0. The van der Waals surface area contributed by atoms with Crippen molar-refractivity contribution < 1.29 is 0 Å². The highest BCUT2D eigenvalue weighted by molar-refractivity contribution is 5.10. The Kier molecular flexibility index (Phi) is 5.34. The van der Waals surface area contributed by atoms with E-state index in [1.807, 2.05) is 12.4 Å². The van der Waals surface area contributed by atoms with Gasteiger partial charge in [0, 0.05) is 31.0 Å². The van der Waals surface area contributed by atoms with Gasteiger partial charge < -0.3 is 5.73 Å². The molecule has 19 heavy (non-hydrogen) atoms. The van der Waals surface area contributed by atoms with Crippen molar-refractivity contribution in [3.63, 3.8) is 0 Å². The molecule has 1 aromatic heterocycles. The van der Waals surface area contributed by atoms with Crippen LogP contribution in [0.2, 0.25) is 0 Å². The maximum Gasteiger partial charge on any atom is 0.0332 e. The maximum atomic E-state index is 6.16. The van der Waals surface area contributed by atoms with Gasteiger partial charge in [-0.1, -0.05) is 32.1 Å². The summed E-state index contributed by atoms with van der Waals surface area (Å²) in [4.78, 5) is 6.57. The summed E-state index contributed by atoms with van der Waals surface area (Å²) in [5.74, 6) is 0. The molecule has 0 unspecified atom stereocenters. The van der Waals surface area contributed by atoms with Crippen molar-refractivity contribution in [3.8, 4) is 0 Å². The molecule has 2 N–H and O–H groups in total. The summed E-state index contributed by atoms with van der Waals surface area (Å²) in [6.07, 6.45) is 13.0. The third kappa shape index (κ3) is 3.77. The van der Waals surface area contributed by atoms with Gasteiger partial charge in [-0.25, -0.2) is 0 Å². The van der Waals surface area contributed by atoms with E-state index in [1.54, 1.807) is 0 Å². The molecule has 1 heterocycles. The molecule has 0 spiro atoms. The number of nitrogens with zero attached hydrogens (tertiary/aromatic N) is 2. The molecule has 1 aromatic rings. The average molecular weight is 261 g/mol. The van der Waals surface area contributed by atoms with Crippen molar-refractivity contribution in [3.05, 3.63) is 30.1 Å². The Morgan fingerprint density at radius 3 is 2.26 bits per heavy atom. The van der Waals surface area contributed by atoms with Gasteiger partial charge in [-0.15, -0.1) is 0 Å². The Bertz CT molecular complexity index is 356. The fourth-order valence-electron chi connectivity index (χ4n) is 3.23. The monoisotopic (exact) mass is 261 g/mol. The summed E-state index contributed by atoms with van der Waals surface area (Å²) in [6.45, 7) is 1.74. The zero-order valence-electron chi connectivity index (χ0n) is 12.1. The van der Waals surface area contributed by atoms with E-state index in [-0.39, 0.29) is 5.54 Å². The van der Waals surface area contributed by atoms with Crippen LogP contribution < -0.4 is 5.73 Å². The highest BCUT2D eigenvalue weighted by atomic mass is 15.2. The molecule has 2 rings (SSSR count). The Hall–Kier alpha value is -0.930. The molecule has 1 fully saturated rings. The van der Waals surface area contributed by atoms with Crippen LogP contribution in [-0.4, -0.2) is 29.0 Å². The number of aromatic nitrogens is 1. The summed E-state index contributed by atoms with van der Waals surface area (Å²) in [7, 11) is 2.23. The summed E-state index contributed by atoms with van der Waals surface area (Å²) in [5.41, 5.74) is 7.68. The fraction of sp³-hybridized carbons (Fsp3) is 0.688. The van der Waals surface area contributed by atoms with Gasteiger partial charge in [-0.3, -0.25) is 9.88 Å². The van der Waals surface area contributed by atoms with Crippen LogP contribution in [0.4, 0.5) is 0 Å². The first kappa shape index (κ1) is 14.5. The quantitative estimate of drug-likeness (QED) is 0.906. The lowest BCUT2D eigenvalue weighted by molar-refractivity contribution is 0.0865. The van der Waals surface area contributed by atoms with E-state index < -0.39 is 0 Å². The molecule has 3 nitrogen and oxygen atoms in total. The van der Waals surface area contributed by atoms with Gasteiger partial charge in [0.05, 0.1) is 0 Å². The van der Waals surface area contributed by atoms with Crippen LogP contribution in [0.25, 0.3) is 0 Å². The van der Waals surface area contributed by atoms with Gasteiger partial charge in [0.25, 0.3) is 0 Å². The smallest absolute Gasteiger partial charge is 0.0332 e. The highest BCUT2D eigenvalue weighted by Crippen LogP contribution is 2.31. The molecular formula is C16H27N3. The lowest BCUT2D eigenvalue weighted by Gasteiger charge is -2.42. The van der Waals surface area contributed by atoms with Crippen molar-refractivity contribution in [1.29, 1.82) is 0 Å². The van der Waals surface area contributed by atoms with Crippen LogP contribution in [0, 0.1) is 0 Å². The predicted molar refractivity (Wildman–Crippen MR) is 79.8 cm³/mol. The second kappa shape index (κ2) is 7.01. The van der Waals surface area contributed by atoms with Crippen LogP contribution in [0.1, 0.15) is 50.5 Å². The van der Waals surface area contributed by atoms with Crippen molar-refractivity contribution in [2.45, 2.75) is 57.0 Å². The van der Waals surface area contributed by atoms with E-state index in [0.29, 0.717) is 0 Å². The molecule has 0 saturated heterocycles. The molecule has 106 valence electrons. The maximum absolute atomic E-state index is 6.16. The summed E-state index contributed by atoms with van der Waals surface area (Å²) < 4.78 is 0. The first-order valence-corrected chi connectivity index (χ1v) is 7.57. The normalized spacial score (nSPS) is 19.9. The Balaban J connectivity index is 2.05. The second-order valence-corrected chi connectivity index (χ2v) is 5.91. The van der Waals surface area contributed by atoms with Gasteiger partial charge in [0.2, 0.25) is 0 Å². The molecule has 0 amide bonds. The number of hydrogen-bond donors (Lipinski definition) is 1. The van der Waals surface area contributed by atoms with E-state index in [1.165, 1.54) is 50.5 Å². The number of rotatable bonds is 4. The van der Waals surface area contributed by atoms with E-state index in [4.69, 9.17) is 5.73 Å². The van der Waals surface area contributed by atoms with E-state index in [0.717, 1.165) is 13.1 Å². The minimum absolute atomic E-state index is 0.198. The summed E-state index contributed by atoms with van der Waals surface area (Å²) in [6, 6.07) is 4.20. The van der Waals surface area contributed by atoms with E-state index in [9.17, 15) is 0 Å². The highest BCUT2D eigenvalue weighted by Gasteiger charge is 2.32. The van der Waals surface area contributed by atoms with E-state index in [2.05, 4.69) is 29.1 Å². The zero-order chi connectivity index (χ0) is 13.6. The fourth-order valence-corrected chi connectivity index (χ4v) is 3.23. The summed E-state index contributed by atoms with van der Waals surface area (Å²) >= 11 is 0. The number of pyridine rings is 1. The van der Waals surface area contributed by atoms with Crippen LogP contribution in [-0.2, 0) is 6.54 Å². The minimum atomic E-state index is 0.198. The molecule has 1 saturated carbocycles. The van der Waals surface area contributed by atoms with Gasteiger partial charge in [-0.2, -0.15) is 0 Å². The molecule has 3 heteroatoms. The molecule has 0 radical (unpaired) electrons. The van der Waals surface area contributed by atoms with Crippen LogP contribution in [0.3, 0.4) is 0 Å². The third-order valence-electron chi connectivity index (χ3n) is 4.64. The molecule has 1 aliphatic rings. The molecule has 0 aliphatic heterocycles. The largest absolute Gasteiger partial charge is 0.329 e. The average Bonchev–Trinajstić information content (AvgIpc) is 2.40. The molecular weight excluding hydrogens is 234 g/mol. The van der Waals surface area contributed by atoms with Crippen molar-refractivity contribution in [2.24, 2.45) is 5.73 Å². The first-order valence-electron chi connectivity index (χ1n) is 7.57. The predicted octanol–water partition coefficient (Wildman–Crippen LogP) is 2.96. The lowest BCUT2D eigenvalue weighted by Crippen LogP contribution is -2.52. The van der Waals surface area contributed by atoms with Crippen LogP contribution in [0.15, 0.2) is 24.5 Å². The lowest BCUT2D eigenvalue weighted by atomic mass is 9.82. The van der Waals surface area contributed by atoms with Gasteiger partial charge in [0.15, 0.2) is 0 Å². The number of likely N-dealkylation sites (N-methyl/N-ethyl adjacent to an activating group) is 1.